The monoisotopic (exact) mass is 382 g/mol. The maximum absolute atomic E-state index is 12.1. The van der Waals surface area contributed by atoms with Crippen molar-refractivity contribution in [1.29, 1.82) is 0 Å². The second-order valence-corrected chi connectivity index (χ2v) is 6.16. The number of halogens is 1. The van der Waals surface area contributed by atoms with Gasteiger partial charge in [0.2, 0.25) is 5.91 Å². The fourth-order valence-electron chi connectivity index (χ4n) is 2.46. The van der Waals surface area contributed by atoms with Gasteiger partial charge in [-0.05, 0) is 30.2 Å². The van der Waals surface area contributed by atoms with E-state index < -0.39 is 24.0 Å². The molecule has 1 amide bonds. The van der Waals surface area contributed by atoms with E-state index in [1.54, 1.807) is 13.1 Å². The Morgan fingerprint density at radius 3 is 2.78 bits per heavy atom. The molecule has 0 spiro atoms. The lowest BCUT2D eigenvalue weighted by Crippen LogP contribution is -2.47. The second-order valence-electron chi connectivity index (χ2n) is 5.24. The van der Waals surface area contributed by atoms with Crippen LogP contribution in [-0.2, 0) is 20.7 Å². The van der Waals surface area contributed by atoms with Crippen LogP contribution in [0.1, 0.15) is 18.9 Å². The van der Waals surface area contributed by atoms with Gasteiger partial charge in [0, 0.05) is 35.1 Å². The lowest BCUT2D eigenvalue weighted by molar-refractivity contribution is -0.143. The molecule has 0 aliphatic carbocycles. The highest BCUT2D eigenvalue weighted by Gasteiger charge is 2.25. The van der Waals surface area contributed by atoms with Crippen LogP contribution < -0.4 is 5.32 Å². The molecule has 0 aliphatic heterocycles. The summed E-state index contributed by atoms with van der Waals surface area (Å²) in [5.74, 6) is -1.49. The van der Waals surface area contributed by atoms with Crippen LogP contribution in [-0.4, -0.2) is 41.2 Å². The Labute approximate surface area is 142 Å². The topological polar surface area (TPSA) is 91.4 Å². The number of nitrogens with one attached hydrogen (secondary N) is 2. The van der Waals surface area contributed by atoms with Gasteiger partial charge in [-0.25, -0.2) is 4.79 Å². The highest BCUT2D eigenvalue weighted by molar-refractivity contribution is 9.10. The third-order valence-electron chi connectivity index (χ3n) is 3.72. The maximum Gasteiger partial charge on any atom is 0.326 e. The number of carbonyl (C=O) groups excluding carboxylic acids is 1. The summed E-state index contributed by atoms with van der Waals surface area (Å²) in [6.45, 7) is 1.81. The summed E-state index contributed by atoms with van der Waals surface area (Å²) in [6.07, 6.45) is 1.80. The van der Waals surface area contributed by atoms with Crippen molar-refractivity contribution in [1.82, 2.24) is 10.3 Å². The van der Waals surface area contributed by atoms with E-state index in [2.05, 4.69) is 26.2 Å². The zero-order valence-electron chi connectivity index (χ0n) is 12.9. The molecule has 0 saturated carbocycles. The summed E-state index contributed by atoms with van der Waals surface area (Å²) >= 11 is 3.41. The Hall–Kier alpha value is -1.86. The normalized spacial score (nSPS) is 13.7. The van der Waals surface area contributed by atoms with Crippen LogP contribution in [0.25, 0.3) is 10.9 Å². The number of fused-ring (bicyclic) bond motifs is 1. The molecule has 0 bridgehead atoms. The molecule has 2 unspecified atom stereocenters. The maximum atomic E-state index is 12.1. The number of carboxylic acids is 1. The summed E-state index contributed by atoms with van der Waals surface area (Å²) in [5, 5.41) is 12.9. The number of aromatic nitrogens is 1. The smallest absolute Gasteiger partial charge is 0.326 e. The van der Waals surface area contributed by atoms with Crippen LogP contribution in [0.15, 0.2) is 28.9 Å². The first kappa shape index (κ1) is 17.5. The molecule has 1 aromatic carbocycles. The molecule has 0 radical (unpaired) electrons. The van der Waals surface area contributed by atoms with Crippen LogP contribution >= 0.6 is 15.9 Å². The van der Waals surface area contributed by atoms with Gasteiger partial charge in [-0.2, -0.15) is 0 Å². The summed E-state index contributed by atoms with van der Waals surface area (Å²) in [7, 11) is 1.43. The summed E-state index contributed by atoms with van der Waals surface area (Å²) in [6, 6.07) is 4.73. The van der Waals surface area contributed by atoms with E-state index in [1.807, 2.05) is 18.2 Å². The van der Waals surface area contributed by atoms with Crippen molar-refractivity contribution in [2.75, 3.05) is 7.11 Å². The Morgan fingerprint density at radius 2 is 2.17 bits per heavy atom. The predicted molar refractivity (Wildman–Crippen MR) is 90.4 cm³/mol. The SMILES string of the molecule is CCC(OC)C(=O)NC(Cc1c[nH]c2ccc(Br)cc12)C(=O)O. The number of aliphatic carboxylic acids is 1. The number of hydrogen-bond acceptors (Lipinski definition) is 3. The third kappa shape index (κ3) is 4.11. The second kappa shape index (κ2) is 7.61. The fourth-order valence-corrected chi connectivity index (χ4v) is 2.82. The average molecular weight is 383 g/mol. The highest BCUT2D eigenvalue weighted by Crippen LogP contribution is 2.23. The lowest BCUT2D eigenvalue weighted by atomic mass is 10.0. The van der Waals surface area contributed by atoms with E-state index >= 15 is 0 Å². The Kier molecular flexibility index (Phi) is 5.79. The minimum atomic E-state index is -1.08. The first-order chi connectivity index (χ1) is 11.0. The van der Waals surface area contributed by atoms with Crippen LogP contribution in [0.4, 0.5) is 0 Å². The number of methoxy groups -OCH3 is 1. The average Bonchev–Trinajstić information content (AvgIpc) is 2.90. The van der Waals surface area contributed by atoms with Crippen LogP contribution in [0.2, 0.25) is 0 Å². The summed E-state index contributed by atoms with van der Waals surface area (Å²) in [4.78, 5) is 26.6. The lowest BCUT2D eigenvalue weighted by Gasteiger charge is -2.18. The quantitative estimate of drug-likeness (QED) is 0.685. The molecule has 2 aromatic rings. The number of amides is 1. The molecule has 0 saturated heterocycles. The van der Waals surface area contributed by atoms with Crippen molar-refractivity contribution >= 4 is 38.7 Å². The summed E-state index contributed by atoms with van der Waals surface area (Å²) < 4.78 is 5.96. The van der Waals surface area contributed by atoms with Gasteiger partial charge in [0.15, 0.2) is 0 Å². The molecular weight excluding hydrogens is 364 g/mol. The minimum Gasteiger partial charge on any atom is -0.480 e. The van der Waals surface area contributed by atoms with Crippen LogP contribution in [0.3, 0.4) is 0 Å². The molecule has 1 heterocycles. The van der Waals surface area contributed by atoms with E-state index in [-0.39, 0.29) is 6.42 Å². The van der Waals surface area contributed by atoms with Crippen molar-refractivity contribution in [2.45, 2.75) is 31.9 Å². The Morgan fingerprint density at radius 1 is 1.43 bits per heavy atom. The largest absolute Gasteiger partial charge is 0.480 e. The number of ether oxygens (including phenoxy) is 1. The van der Waals surface area contributed by atoms with Gasteiger partial charge in [-0.15, -0.1) is 0 Å². The summed E-state index contributed by atoms with van der Waals surface area (Å²) in [5.41, 5.74) is 1.75. The molecule has 1 aromatic heterocycles. The zero-order chi connectivity index (χ0) is 17.0. The molecule has 2 atom stereocenters. The zero-order valence-corrected chi connectivity index (χ0v) is 14.5. The van der Waals surface area contributed by atoms with E-state index in [1.165, 1.54) is 7.11 Å². The van der Waals surface area contributed by atoms with Crippen molar-refractivity contribution in [3.8, 4) is 0 Å². The van der Waals surface area contributed by atoms with Gasteiger partial charge >= 0.3 is 5.97 Å². The predicted octanol–water partition coefficient (Wildman–Crippen LogP) is 2.47. The van der Waals surface area contributed by atoms with Crippen molar-refractivity contribution < 1.29 is 19.4 Å². The first-order valence-electron chi connectivity index (χ1n) is 7.27. The molecule has 23 heavy (non-hydrogen) atoms. The molecule has 3 N–H and O–H groups in total. The van der Waals surface area contributed by atoms with Gasteiger partial charge < -0.3 is 20.1 Å². The van der Waals surface area contributed by atoms with Crippen molar-refractivity contribution in [2.24, 2.45) is 0 Å². The van der Waals surface area contributed by atoms with Gasteiger partial charge in [0.25, 0.3) is 0 Å². The number of hydrogen-bond donors (Lipinski definition) is 3. The van der Waals surface area contributed by atoms with E-state index in [0.717, 1.165) is 20.9 Å². The van der Waals surface area contributed by atoms with Gasteiger partial charge in [-0.3, -0.25) is 4.79 Å². The molecule has 7 heteroatoms. The number of carboxylic acid groups (broad SMARTS) is 1. The Bertz CT molecular complexity index is 709. The molecule has 6 nitrogen and oxygen atoms in total. The van der Waals surface area contributed by atoms with Crippen molar-refractivity contribution in [3.63, 3.8) is 0 Å². The minimum absolute atomic E-state index is 0.192. The van der Waals surface area contributed by atoms with Gasteiger partial charge in [0.1, 0.15) is 12.1 Å². The number of benzene rings is 1. The van der Waals surface area contributed by atoms with Crippen molar-refractivity contribution in [3.05, 3.63) is 34.4 Å². The molecular formula is C16H19BrN2O4. The standard InChI is InChI=1S/C16H19BrN2O4/c1-3-14(23-2)15(20)19-13(16(21)22)6-9-8-18-12-5-4-10(17)7-11(9)12/h4-5,7-8,13-14,18H,3,6H2,1-2H3,(H,19,20)(H,21,22). The Balaban J connectivity index is 2.20. The fraction of sp³-hybridized carbons (Fsp3) is 0.375. The number of aromatic amines is 1. The number of H-pyrrole nitrogens is 1. The van der Waals surface area contributed by atoms with Gasteiger partial charge in [0.05, 0.1) is 0 Å². The molecule has 2 rings (SSSR count). The van der Waals surface area contributed by atoms with E-state index in [0.29, 0.717) is 6.42 Å². The molecule has 0 aliphatic rings. The van der Waals surface area contributed by atoms with E-state index in [9.17, 15) is 14.7 Å². The molecule has 124 valence electrons. The van der Waals surface area contributed by atoms with Crippen LogP contribution in [0.5, 0.6) is 0 Å². The number of carbonyl (C=O) groups is 2. The highest BCUT2D eigenvalue weighted by atomic mass is 79.9. The first-order valence-corrected chi connectivity index (χ1v) is 8.07. The molecule has 0 fully saturated rings. The number of rotatable bonds is 7. The van der Waals surface area contributed by atoms with E-state index in [4.69, 9.17) is 4.74 Å². The van der Waals surface area contributed by atoms with Crippen LogP contribution in [0, 0.1) is 0 Å². The van der Waals surface area contributed by atoms with Gasteiger partial charge in [-0.1, -0.05) is 22.9 Å². The third-order valence-corrected chi connectivity index (χ3v) is 4.21.